The number of hydrogen-bond donors (Lipinski definition) is 8. The lowest BCUT2D eigenvalue weighted by molar-refractivity contribution is -0.139. The number of hydrogen-bond acceptors (Lipinski definition) is 22. The molecule has 30 nitrogen and oxygen atoms in total. The minimum atomic E-state index is -0.609. The van der Waals surface area contributed by atoms with Gasteiger partial charge in [0.05, 0.1) is 46.1 Å². The van der Waals surface area contributed by atoms with Crippen LogP contribution in [-0.4, -0.2) is 173 Å². The summed E-state index contributed by atoms with van der Waals surface area (Å²) in [7, 11) is 0. The van der Waals surface area contributed by atoms with E-state index in [1.165, 1.54) is 9.80 Å². The van der Waals surface area contributed by atoms with Gasteiger partial charge >= 0.3 is 18.3 Å². The first-order valence-corrected chi connectivity index (χ1v) is 39.1. The minimum absolute atomic E-state index is 0.0421. The third-order valence-electron chi connectivity index (χ3n) is 17.1. The monoisotopic (exact) mass is 1800 g/mol. The molecule has 580 valence electrons. The molecular formula is C72H97Br5N20O10. The van der Waals surface area contributed by atoms with Crippen LogP contribution in [0, 0.1) is 29.6 Å². The molecule has 0 spiro atoms. The smallest absolute Gasteiger partial charge is 0.413 e. The second kappa shape index (κ2) is 36.6. The van der Waals surface area contributed by atoms with Gasteiger partial charge < -0.3 is 66.6 Å². The number of pyridine rings is 5. The molecule has 35 heteroatoms. The molecule has 107 heavy (non-hydrogen) atoms. The van der Waals surface area contributed by atoms with Gasteiger partial charge in [-0.3, -0.25) is 29.1 Å². The molecule has 5 amide bonds. The van der Waals surface area contributed by atoms with Crippen molar-refractivity contribution in [3.05, 3.63) is 101 Å². The SMILES string of the molecule is CC(=O)N1C[C@@H](C)CC1c1nc2ncc(Br)cc2[nH]1.C[C@@H]1CNC(c2nc3ncc(Br)cc3[nH]2)C1.C[C@H]1C[C@@H](C(=O)Nc2cc(Br)cnc2N)N(C(=O)OC(C)(C)C)C1.C[C@H]1C[C@@H](OC=O)N(C(=O)OC(C)(C)C)C1.C[C@H]1C[C@@H](c2nc3ncc(Br)cc3[nH]2)N(C(=O)OC(C)(C)C)C1.Nc1cc(Br)cnc1N. The van der Waals surface area contributed by atoms with Gasteiger partial charge in [-0.05, 0) is 234 Å². The summed E-state index contributed by atoms with van der Waals surface area (Å²) < 4.78 is 25.4. The number of carbonyl (C=O) groups excluding carboxylic acids is 6. The number of halogens is 5. The van der Waals surface area contributed by atoms with Gasteiger partial charge in [0, 0.05) is 92.9 Å². The molecule has 0 bridgehead atoms. The fourth-order valence-corrected chi connectivity index (χ4v) is 14.2. The Bertz CT molecular complexity index is 4430. The highest BCUT2D eigenvalue weighted by atomic mass is 79.9. The number of nitrogens with two attached hydrogens (primary N) is 3. The minimum Gasteiger partial charge on any atom is -0.444 e. The molecule has 0 radical (unpaired) electrons. The molecule has 5 aliphatic rings. The number of aromatic amines is 3. The van der Waals surface area contributed by atoms with Crippen molar-refractivity contribution < 1.29 is 47.7 Å². The maximum absolute atomic E-state index is 12.6. The van der Waals surface area contributed by atoms with Crippen molar-refractivity contribution in [2.75, 3.05) is 55.2 Å². The molecule has 10 atom stereocenters. The lowest BCUT2D eigenvalue weighted by atomic mass is 10.1. The van der Waals surface area contributed by atoms with Gasteiger partial charge in [-0.15, -0.1) is 0 Å². The summed E-state index contributed by atoms with van der Waals surface area (Å²) in [5.41, 5.74) is 20.7. The molecular weight excluding hydrogens is 1700 g/mol. The van der Waals surface area contributed by atoms with Crippen molar-refractivity contribution in [1.29, 1.82) is 0 Å². The average molecular weight is 1800 g/mol. The fraction of sp³-hybridized carbons (Fsp3) is 0.528. The van der Waals surface area contributed by atoms with E-state index in [0.29, 0.717) is 95.7 Å². The van der Waals surface area contributed by atoms with Crippen LogP contribution in [0.3, 0.4) is 0 Å². The number of nitrogens with zero attached hydrogens (tertiary/aromatic N) is 12. The maximum atomic E-state index is 12.6. The molecule has 0 aromatic carbocycles. The van der Waals surface area contributed by atoms with Crippen LogP contribution in [-0.2, 0) is 33.3 Å². The molecule has 5 fully saturated rings. The van der Waals surface area contributed by atoms with Crippen LogP contribution in [0.4, 0.5) is 37.4 Å². The van der Waals surface area contributed by atoms with Crippen LogP contribution in [0.1, 0.15) is 172 Å². The Morgan fingerprint density at radius 1 is 0.495 bits per heavy atom. The molecule has 5 aliphatic heterocycles. The molecule has 0 aliphatic carbocycles. The van der Waals surface area contributed by atoms with Crippen molar-refractivity contribution in [3.8, 4) is 0 Å². The van der Waals surface area contributed by atoms with E-state index in [2.05, 4.69) is 166 Å². The standard InChI is InChI=1S/C16H23BrN4O3.C16H21BrN4O2.C13H15BrN4O.C11H13BrN4.C11H19NO4.C5H6BrN3/c1-9-5-12(21(8-9)15(23)24-16(2,3)4)14(22)20-11-6-10(17)7-19-13(11)18;1-9-5-12(21(8-9)15(22)23-16(2,3)4)14-19-11-6-10(17)7-18-13(11)20-14;1-7-3-11(18(6-7)8(2)19)13-16-10-4-9(14)5-15-12(10)17-13;1-6-2-8(13-4-6)11-15-9-3-7(12)5-14-10(9)16-11;1-8-5-9(15-7-13)12(6-8)10(14)16-11(2,3)4;6-3-1-4(7)5(8)9-2-3/h6-7,9,12H,5,8H2,1-4H3,(H2,18,19)(H,20,22);6-7,9,12H,5,8H2,1-4H3,(H,18,19,20);4-5,7,11H,3,6H2,1-2H3,(H,15,16,17);3,5-6,8,13H,2,4H2,1H3,(H,14,15,16);7-9H,5-6H2,1-4H3;1-2H,7H2,(H2,8,9)/t2*9-,12-;7-,11?;6-,8?;8-,9+;/m00000./s1. The Balaban J connectivity index is 0.000000165. The maximum Gasteiger partial charge on any atom is 0.413 e. The summed E-state index contributed by atoms with van der Waals surface area (Å²) in [6.07, 6.45) is 10.9. The summed E-state index contributed by atoms with van der Waals surface area (Å²) in [6.45, 7) is 32.6. The number of aromatic nitrogens is 11. The van der Waals surface area contributed by atoms with Crippen LogP contribution in [0.25, 0.3) is 33.5 Å². The highest BCUT2D eigenvalue weighted by Crippen LogP contribution is 2.38. The Morgan fingerprint density at radius 2 is 0.888 bits per heavy atom. The number of likely N-dealkylation sites (tertiary alicyclic amines) is 4. The third-order valence-corrected chi connectivity index (χ3v) is 19.3. The van der Waals surface area contributed by atoms with E-state index in [1.807, 2.05) is 57.7 Å². The van der Waals surface area contributed by atoms with Crippen LogP contribution in [0.2, 0.25) is 0 Å². The number of amides is 5. The van der Waals surface area contributed by atoms with E-state index in [1.54, 1.807) is 96.5 Å². The first-order chi connectivity index (χ1) is 50.1. The zero-order chi connectivity index (χ0) is 78.7. The summed E-state index contributed by atoms with van der Waals surface area (Å²) in [5, 5.41) is 6.22. The van der Waals surface area contributed by atoms with Crippen molar-refractivity contribution >= 4 is 173 Å². The Labute approximate surface area is 664 Å². The van der Waals surface area contributed by atoms with Crippen LogP contribution >= 0.6 is 79.6 Å². The zero-order valence-corrected chi connectivity index (χ0v) is 70.7. The molecule has 0 saturated carbocycles. The topological polar surface area (TPSA) is 405 Å². The lowest BCUT2D eigenvalue weighted by Crippen LogP contribution is -2.45. The number of fused-ring (bicyclic) bond motifs is 3. The van der Waals surface area contributed by atoms with Crippen molar-refractivity contribution in [1.82, 2.24) is 79.7 Å². The summed E-state index contributed by atoms with van der Waals surface area (Å²) in [6, 6.07) is 8.99. The quantitative estimate of drug-likeness (QED) is 0.0542. The van der Waals surface area contributed by atoms with Gasteiger partial charge in [0.25, 0.3) is 6.47 Å². The Hall–Kier alpha value is -7.86. The predicted molar refractivity (Wildman–Crippen MR) is 427 cm³/mol. The number of H-pyrrole nitrogens is 3. The molecule has 5 saturated heterocycles. The van der Waals surface area contributed by atoms with Gasteiger partial charge in [-0.1, -0.05) is 34.6 Å². The first-order valence-electron chi connectivity index (χ1n) is 35.1. The van der Waals surface area contributed by atoms with Gasteiger partial charge in [0.1, 0.15) is 52.0 Å². The van der Waals surface area contributed by atoms with E-state index < -0.39 is 41.3 Å². The van der Waals surface area contributed by atoms with E-state index in [4.69, 9.17) is 36.1 Å². The summed E-state index contributed by atoms with van der Waals surface area (Å²) in [4.78, 5) is 122. The largest absolute Gasteiger partial charge is 0.444 e. The van der Waals surface area contributed by atoms with Crippen molar-refractivity contribution in [2.45, 2.75) is 183 Å². The second-order valence-corrected chi connectivity index (χ2v) is 35.2. The first kappa shape index (κ1) is 84.8. The van der Waals surface area contributed by atoms with Crippen molar-refractivity contribution in [2.24, 2.45) is 29.6 Å². The highest BCUT2D eigenvalue weighted by Gasteiger charge is 2.42. The molecule has 8 aromatic rings. The van der Waals surface area contributed by atoms with Gasteiger partial charge in [-0.2, -0.15) is 0 Å². The van der Waals surface area contributed by atoms with Gasteiger partial charge in [0.2, 0.25) is 11.8 Å². The number of nitrogens with one attached hydrogen (secondary N) is 5. The highest BCUT2D eigenvalue weighted by molar-refractivity contribution is 9.11. The van der Waals surface area contributed by atoms with E-state index >= 15 is 0 Å². The zero-order valence-electron chi connectivity index (χ0n) is 62.8. The molecule has 8 aromatic heterocycles. The normalized spacial score (nSPS) is 21.9. The molecule has 11 N–H and O–H groups in total. The number of nitrogen functional groups attached to an aromatic ring is 3. The number of carbonyl (C=O) groups is 6. The predicted octanol–water partition coefficient (Wildman–Crippen LogP) is 14.9. The van der Waals surface area contributed by atoms with Crippen molar-refractivity contribution in [3.63, 3.8) is 0 Å². The van der Waals surface area contributed by atoms with E-state index in [-0.39, 0.29) is 41.7 Å². The Morgan fingerprint density at radius 3 is 1.35 bits per heavy atom. The number of rotatable bonds is 7. The second-order valence-electron chi connectivity index (χ2n) is 30.6. The lowest BCUT2D eigenvalue weighted by Gasteiger charge is -2.28. The Kier molecular flexibility index (Phi) is 29.0. The number of imidazole rings is 3. The van der Waals surface area contributed by atoms with Gasteiger partial charge in [0.15, 0.2) is 23.2 Å². The van der Waals surface area contributed by atoms with E-state index in [0.717, 1.165) is 95.8 Å². The van der Waals surface area contributed by atoms with Gasteiger partial charge in [-0.25, -0.2) is 54.3 Å². The van der Waals surface area contributed by atoms with Crippen LogP contribution < -0.4 is 27.8 Å². The van der Waals surface area contributed by atoms with Crippen LogP contribution in [0.15, 0.2) is 83.7 Å². The summed E-state index contributed by atoms with van der Waals surface area (Å²) >= 11 is 16.7. The summed E-state index contributed by atoms with van der Waals surface area (Å²) in [5.74, 6) is 5.16. The van der Waals surface area contributed by atoms with Crippen LogP contribution in [0.5, 0.6) is 0 Å². The number of ether oxygens (including phenoxy) is 4. The number of anilines is 4. The average Bonchev–Trinajstić information content (AvgIpc) is 1.64. The molecule has 13 heterocycles. The molecule has 2 unspecified atom stereocenters. The molecule has 13 rings (SSSR count). The van der Waals surface area contributed by atoms with E-state index in [9.17, 15) is 28.8 Å². The third kappa shape index (κ3) is 24.6. The fourth-order valence-electron chi connectivity index (χ4n) is 12.5.